The van der Waals surface area contributed by atoms with Gasteiger partial charge in [-0.25, -0.2) is 0 Å². The SMILES string of the molecule is CCCCOc1ccc(C(=O)CCc2cnn(C)c2)cc1. The molecule has 0 fully saturated rings. The Kier molecular flexibility index (Phi) is 5.55. The van der Waals surface area contributed by atoms with Crippen LogP contribution in [0.1, 0.15) is 42.1 Å². The van der Waals surface area contributed by atoms with Crippen molar-refractivity contribution in [2.75, 3.05) is 6.61 Å². The molecule has 2 rings (SSSR count). The summed E-state index contributed by atoms with van der Waals surface area (Å²) in [4.78, 5) is 12.1. The number of benzene rings is 1. The van der Waals surface area contributed by atoms with E-state index < -0.39 is 0 Å². The molecular formula is C17H22N2O2. The van der Waals surface area contributed by atoms with Crippen molar-refractivity contribution in [3.8, 4) is 5.75 Å². The smallest absolute Gasteiger partial charge is 0.163 e. The number of ether oxygens (including phenoxy) is 1. The lowest BCUT2D eigenvalue weighted by molar-refractivity contribution is 0.0983. The van der Waals surface area contributed by atoms with Crippen molar-refractivity contribution in [1.29, 1.82) is 0 Å². The van der Waals surface area contributed by atoms with Crippen LogP contribution in [0.5, 0.6) is 5.75 Å². The summed E-state index contributed by atoms with van der Waals surface area (Å²) in [7, 11) is 1.88. The normalized spacial score (nSPS) is 10.6. The minimum Gasteiger partial charge on any atom is -0.494 e. The van der Waals surface area contributed by atoms with Gasteiger partial charge in [0, 0.05) is 25.2 Å². The molecule has 4 heteroatoms. The molecule has 112 valence electrons. The summed E-state index contributed by atoms with van der Waals surface area (Å²) in [6.45, 7) is 2.86. The van der Waals surface area contributed by atoms with Gasteiger partial charge in [-0.1, -0.05) is 13.3 Å². The average molecular weight is 286 g/mol. The molecule has 0 aliphatic heterocycles. The highest BCUT2D eigenvalue weighted by Gasteiger charge is 2.07. The van der Waals surface area contributed by atoms with E-state index in [0.29, 0.717) is 6.42 Å². The number of carbonyl (C=O) groups excluding carboxylic acids is 1. The molecule has 0 amide bonds. The first-order valence-electron chi connectivity index (χ1n) is 7.42. The molecule has 0 aliphatic carbocycles. The summed E-state index contributed by atoms with van der Waals surface area (Å²) < 4.78 is 7.34. The van der Waals surface area contributed by atoms with E-state index in [9.17, 15) is 4.79 Å². The van der Waals surface area contributed by atoms with Crippen LogP contribution in [0.2, 0.25) is 0 Å². The maximum absolute atomic E-state index is 12.1. The second-order valence-electron chi connectivity index (χ2n) is 5.17. The number of unbranched alkanes of at least 4 members (excludes halogenated alkanes) is 1. The summed E-state index contributed by atoms with van der Waals surface area (Å²) in [6, 6.07) is 7.42. The van der Waals surface area contributed by atoms with E-state index in [-0.39, 0.29) is 5.78 Å². The van der Waals surface area contributed by atoms with Gasteiger partial charge in [0.1, 0.15) is 5.75 Å². The molecule has 21 heavy (non-hydrogen) atoms. The van der Waals surface area contributed by atoms with Crippen molar-refractivity contribution in [3.05, 3.63) is 47.8 Å². The second kappa shape index (κ2) is 7.62. The second-order valence-corrected chi connectivity index (χ2v) is 5.17. The van der Waals surface area contributed by atoms with Crippen molar-refractivity contribution in [3.63, 3.8) is 0 Å². The van der Waals surface area contributed by atoms with Gasteiger partial charge in [0.05, 0.1) is 12.8 Å². The molecule has 0 atom stereocenters. The fraction of sp³-hybridized carbons (Fsp3) is 0.412. The van der Waals surface area contributed by atoms with Crippen LogP contribution in [0.25, 0.3) is 0 Å². The van der Waals surface area contributed by atoms with Crippen LogP contribution in [0.4, 0.5) is 0 Å². The third-order valence-electron chi connectivity index (χ3n) is 3.34. The molecule has 1 aromatic heterocycles. The van der Waals surface area contributed by atoms with Gasteiger partial charge in [-0.3, -0.25) is 9.48 Å². The Bertz CT molecular complexity index is 573. The number of aryl methyl sites for hydroxylation is 2. The summed E-state index contributed by atoms with van der Waals surface area (Å²) >= 11 is 0. The number of Topliss-reactive ketones (excluding diaryl/α,β-unsaturated/α-hetero) is 1. The molecule has 4 nitrogen and oxygen atoms in total. The van der Waals surface area contributed by atoms with E-state index in [1.165, 1.54) is 0 Å². The Morgan fingerprint density at radius 3 is 2.67 bits per heavy atom. The van der Waals surface area contributed by atoms with Crippen molar-refractivity contribution < 1.29 is 9.53 Å². The molecule has 1 heterocycles. The van der Waals surface area contributed by atoms with Crippen LogP contribution in [-0.4, -0.2) is 22.2 Å². The summed E-state index contributed by atoms with van der Waals surface area (Å²) in [5.41, 5.74) is 1.83. The van der Waals surface area contributed by atoms with E-state index in [1.54, 1.807) is 10.9 Å². The molecular weight excluding hydrogens is 264 g/mol. The minimum absolute atomic E-state index is 0.152. The summed E-state index contributed by atoms with van der Waals surface area (Å²) in [5, 5.41) is 4.10. The first kappa shape index (κ1) is 15.3. The van der Waals surface area contributed by atoms with E-state index in [1.807, 2.05) is 37.5 Å². The molecule has 0 spiro atoms. The predicted octanol–water partition coefficient (Wildman–Crippen LogP) is 3.41. The summed E-state index contributed by atoms with van der Waals surface area (Å²) in [6.07, 6.45) is 7.13. The molecule has 0 bridgehead atoms. The molecule has 1 aromatic carbocycles. The van der Waals surface area contributed by atoms with Gasteiger partial charge in [0.25, 0.3) is 0 Å². The van der Waals surface area contributed by atoms with Gasteiger partial charge in [0.15, 0.2) is 5.78 Å². The molecule has 0 unspecified atom stereocenters. The van der Waals surface area contributed by atoms with Crippen molar-refractivity contribution >= 4 is 5.78 Å². The number of aromatic nitrogens is 2. The highest BCUT2D eigenvalue weighted by Crippen LogP contribution is 2.15. The summed E-state index contributed by atoms with van der Waals surface area (Å²) in [5.74, 6) is 0.978. The van der Waals surface area contributed by atoms with Crippen LogP contribution < -0.4 is 4.74 Å². The largest absolute Gasteiger partial charge is 0.494 e. The lowest BCUT2D eigenvalue weighted by Gasteiger charge is -2.06. The third-order valence-corrected chi connectivity index (χ3v) is 3.34. The van der Waals surface area contributed by atoms with Gasteiger partial charge < -0.3 is 4.74 Å². The number of rotatable bonds is 8. The van der Waals surface area contributed by atoms with Crippen molar-refractivity contribution in [2.24, 2.45) is 7.05 Å². The molecule has 0 saturated heterocycles. The van der Waals surface area contributed by atoms with Crippen LogP contribution in [0.15, 0.2) is 36.7 Å². The van der Waals surface area contributed by atoms with Gasteiger partial charge in [0.2, 0.25) is 0 Å². The van der Waals surface area contributed by atoms with Gasteiger partial charge in [-0.05, 0) is 42.7 Å². The van der Waals surface area contributed by atoms with E-state index in [2.05, 4.69) is 12.0 Å². The monoisotopic (exact) mass is 286 g/mol. The van der Waals surface area contributed by atoms with Crippen molar-refractivity contribution in [1.82, 2.24) is 9.78 Å². The Hall–Kier alpha value is -2.10. The highest BCUT2D eigenvalue weighted by atomic mass is 16.5. The first-order valence-corrected chi connectivity index (χ1v) is 7.42. The molecule has 0 aliphatic rings. The lowest BCUT2D eigenvalue weighted by atomic mass is 10.0. The Labute approximate surface area is 125 Å². The number of hydrogen-bond acceptors (Lipinski definition) is 3. The fourth-order valence-corrected chi connectivity index (χ4v) is 2.07. The number of hydrogen-bond donors (Lipinski definition) is 0. The predicted molar refractivity (Wildman–Crippen MR) is 82.7 cm³/mol. The van der Waals surface area contributed by atoms with E-state index in [4.69, 9.17) is 4.74 Å². The van der Waals surface area contributed by atoms with E-state index >= 15 is 0 Å². The Balaban J connectivity index is 1.84. The number of nitrogens with zero attached hydrogens (tertiary/aromatic N) is 2. The number of ketones is 1. The molecule has 0 radical (unpaired) electrons. The zero-order chi connectivity index (χ0) is 15.1. The topological polar surface area (TPSA) is 44.1 Å². The number of carbonyl (C=O) groups is 1. The lowest BCUT2D eigenvalue weighted by Crippen LogP contribution is -2.01. The quantitative estimate of drug-likeness (QED) is 0.552. The maximum atomic E-state index is 12.1. The van der Waals surface area contributed by atoms with Crippen LogP contribution >= 0.6 is 0 Å². The van der Waals surface area contributed by atoms with Crippen LogP contribution in [0, 0.1) is 0 Å². The Morgan fingerprint density at radius 1 is 1.29 bits per heavy atom. The first-order chi connectivity index (χ1) is 10.2. The van der Waals surface area contributed by atoms with Gasteiger partial charge in [-0.15, -0.1) is 0 Å². The highest BCUT2D eigenvalue weighted by molar-refractivity contribution is 5.96. The van der Waals surface area contributed by atoms with Gasteiger partial charge >= 0.3 is 0 Å². The standard InChI is InChI=1S/C17H22N2O2/c1-3-4-11-21-16-8-6-15(7-9-16)17(20)10-5-14-12-18-19(2)13-14/h6-9,12-13H,3-5,10-11H2,1-2H3. The molecule has 2 aromatic rings. The third kappa shape index (κ3) is 4.74. The van der Waals surface area contributed by atoms with E-state index in [0.717, 1.165) is 42.7 Å². The molecule has 0 saturated carbocycles. The maximum Gasteiger partial charge on any atom is 0.163 e. The Morgan fingerprint density at radius 2 is 2.05 bits per heavy atom. The average Bonchev–Trinajstić information content (AvgIpc) is 2.91. The zero-order valence-corrected chi connectivity index (χ0v) is 12.7. The van der Waals surface area contributed by atoms with Crippen LogP contribution in [-0.2, 0) is 13.5 Å². The fourth-order valence-electron chi connectivity index (χ4n) is 2.07. The van der Waals surface area contributed by atoms with Crippen LogP contribution in [0.3, 0.4) is 0 Å². The minimum atomic E-state index is 0.152. The van der Waals surface area contributed by atoms with Gasteiger partial charge in [-0.2, -0.15) is 5.10 Å². The van der Waals surface area contributed by atoms with Crippen molar-refractivity contribution in [2.45, 2.75) is 32.6 Å². The molecule has 0 N–H and O–H groups in total. The zero-order valence-electron chi connectivity index (χ0n) is 12.7.